The zero-order chi connectivity index (χ0) is 22.7. The van der Waals surface area contributed by atoms with Crippen molar-refractivity contribution in [2.24, 2.45) is 5.92 Å². The Morgan fingerprint density at radius 3 is 2.59 bits per heavy atom. The van der Waals surface area contributed by atoms with Gasteiger partial charge in [0.2, 0.25) is 11.8 Å². The number of rotatable bonds is 6. The van der Waals surface area contributed by atoms with Gasteiger partial charge in [-0.05, 0) is 48.7 Å². The molecule has 2 aliphatic heterocycles. The van der Waals surface area contributed by atoms with Gasteiger partial charge in [-0.3, -0.25) is 14.5 Å². The Morgan fingerprint density at radius 1 is 1.16 bits per heavy atom. The molecular weight excluding hydrogens is 409 g/mol. The average Bonchev–Trinajstić information content (AvgIpc) is 3.19. The van der Waals surface area contributed by atoms with Gasteiger partial charge in [0, 0.05) is 38.3 Å². The van der Waals surface area contributed by atoms with Crippen molar-refractivity contribution in [3.63, 3.8) is 0 Å². The number of nitrogens with zero attached hydrogens (tertiary/aromatic N) is 2. The molecule has 0 radical (unpaired) electrons. The predicted molar refractivity (Wildman–Crippen MR) is 121 cm³/mol. The molecule has 2 unspecified atom stereocenters. The SMILES string of the molecule is Cc1cccc(N2CC(C(=O)NCC(c3ccc(F)cc3)N3CCOCC3)CC2=O)c1C. The number of hydrogen-bond acceptors (Lipinski definition) is 4. The Labute approximate surface area is 188 Å². The van der Waals surface area contributed by atoms with E-state index in [4.69, 9.17) is 4.74 Å². The molecule has 2 amide bonds. The quantitative estimate of drug-likeness (QED) is 0.752. The largest absolute Gasteiger partial charge is 0.379 e. The summed E-state index contributed by atoms with van der Waals surface area (Å²) in [5.41, 5.74) is 4.01. The first kappa shape index (κ1) is 22.4. The molecule has 1 N–H and O–H groups in total. The lowest BCUT2D eigenvalue weighted by Crippen LogP contribution is -2.45. The number of carbonyl (C=O) groups excluding carboxylic acids is 2. The molecule has 2 aromatic rings. The lowest BCUT2D eigenvalue weighted by molar-refractivity contribution is -0.126. The summed E-state index contributed by atoms with van der Waals surface area (Å²) in [5, 5.41) is 3.06. The Hall–Kier alpha value is -2.77. The van der Waals surface area contributed by atoms with E-state index in [9.17, 15) is 14.0 Å². The van der Waals surface area contributed by atoms with Gasteiger partial charge in [-0.25, -0.2) is 4.39 Å². The first-order chi connectivity index (χ1) is 15.4. The molecule has 2 fully saturated rings. The molecule has 0 saturated carbocycles. The van der Waals surface area contributed by atoms with Crippen LogP contribution < -0.4 is 10.2 Å². The van der Waals surface area contributed by atoms with Crippen LogP contribution in [0.1, 0.15) is 29.2 Å². The summed E-state index contributed by atoms with van der Waals surface area (Å²) in [6, 6.07) is 12.2. The minimum atomic E-state index is -0.388. The highest BCUT2D eigenvalue weighted by Gasteiger charge is 2.36. The number of morpholine rings is 1. The van der Waals surface area contributed by atoms with Gasteiger partial charge in [0.1, 0.15) is 5.82 Å². The van der Waals surface area contributed by atoms with Crippen molar-refractivity contribution in [2.75, 3.05) is 44.3 Å². The number of amides is 2. The van der Waals surface area contributed by atoms with E-state index < -0.39 is 0 Å². The van der Waals surface area contributed by atoms with Crippen LogP contribution >= 0.6 is 0 Å². The number of anilines is 1. The number of carbonyl (C=O) groups is 2. The van der Waals surface area contributed by atoms with E-state index in [0.29, 0.717) is 26.3 Å². The summed E-state index contributed by atoms with van der Waals surface area (Å²) in [7, 11) is 0. The van der Waals surface area contributed by atoms with Crippen molar-refractivity contribution in [1.29, 1.82) is 0 Å². The maximum atomic E-state index is 13.4. The van der Waals surface area contributed by atoms with Crippen molar-refractivity contribution < 1.29 is 18.7 Å². The Bertz CT molecular complexity index is 973. The Morgan fingerprint density at radius 2 is 1.88 bits per heavy atom. The maximum absolute atomic E-state index is 13.4. The molecule has 4 rings (SSSR count). The molecule has 7 heteroatoms. The third-order valence-corrected chi connectivity index (χ3v) is 6.57. The fourth-order valence-electron chi connectivity index (χ4n) is 4.52. The van der Waals surface area contributed by atoms with E-state index in [2.05, 4.69) is 10.2 Å². The van der Waals surface area contributed by atoms with Gasteiger partial charge in [-0.15, -0.1) is 0 Å². The van der Waals surface area contributed by atoms with Crippen LogP contribution in [0.15, 0.2) is 42.5 Å². The number of ether oxygens (including phenoxy) is 1. The number of nitrogens with one attached hydrogen (secondary N) is 1. The lowest BCUT2D eigenvalue weighted by Gasteiger charge is -2.35. The van der Waals surface area contributed by atoms with Crippen molar-refractivity contribution in [3.8, 4) is 0 Å². The summed E-state index contributed by atoms with van der Waals surface area (Å²) in [6.07, 6.45) is 0.206. The van der Waals surface area contributed by atoms with Crippen LogP contribution in [0.5, 0.6) is 0 Å². The molecule has 2 aromatic carbocycles. The van der Waals surface area contributed by atoms with Crippen molar-refractivity contribution >= 4 is 17.5 Å². The number of aryl methyl sites for hydroxylation is 1. The van der Waals surface area contributed by atoms with E-state index in [1.165, 1.54) is 12.1 Å². The molecule has 0 bridgehead atoms. The number of halogens is 1. The van der Waals surface area contributed by atoms with E-state index in [1.807, 2.05) is 32.0 Å². The fraction of sp³-hybridized carbons (Fsp3) is 0.440. The summed E-state index contributed by atoms with van der Waals surface area (Å²) in [5.74, 6) is -0.816. The van der Waals surface area contributed by atoms with E-state index >= 15 is 0 Å². The lowest BCUT2D eigenvalue weighted by atomic mass is 10.0. The van der Waals surface area contributed by atoms with Crippen LogP contribution in [0, 0.1) is 25.6 Å². The molecule has 0 spiro atoms. The van der Waals surface area contributed by atoms with Crippen molar-refractivity contribution in [2.45, 2.75) is 26.3 Å². The Balaban J connectivity index is 1.43. The molecular formula is C25H30FN3O3. The third-order valence-electron chi connectivity index (χ3n) is 6.57. The molecule has 0 aromatic heterocycles. The molecule has 2 atom stereocenters. The second-order valence-electron chi connectivity index (χ2n) is 8.59. The molecule has 2 aliphatic rings. The molecule has 2 heterocycles. The second-order valence-corrected chi connectivity index (χ2v) is 8.59. The molecule has 32 heavy (non-hydrogen) atoms. The molecule has 170 valence electrons. The predicted octanol–water partition coefficient (Wildman–Crippen LogP) is 2.99. The van der Waals surface area contributed by atoms with E-state index in [-0.39, 0.29) is 36.0 Å². The van der Waals surface area contributed by atoms with Gasteiger partial charge in [0.15, 0.2) is 0 Å². The van der Waals surface area contributed by atoms with Gasteiger partial charge in [-0.2, -0.15) is 0 Å². The third kappa shape index (κ3) is 4.84. The van der Waals surface area contributed by atoms with Gasteiger partial charge in [0.05, 0.1) is 25.2 Å². The monoisotopic (exact) mass is 439 g/mol. The highest BCUT2D eigenvalue weighted by atomic mass is 19.1. The zero-order valence-electron chi connectivity index (χ0n) is 18.6. The fourth-order valence-corrected chi connectivity index (χ4v) is 4.52. The van der Waals surface area contributed by atoms with Gasteiger partial charge >= 0.3 is 0 Å². The Kier molecular flexibility index (Phi) is 6.86. The zero-order valence-corrected chi connectivity index (χ0v) is 18.6. The van der Waals surface area contributed by atoms with Crippen LogP contribution in [-0.2, 0) is 14.3 Å². The summed E-state index contributed by atoms with van der Waals surface area (Å²) in [4.78, 5) is 29.7. The smallest absolute Gasteiger partial charge is 0.227 e. The van der Waals surface area contributed by atoms with Crippen LogP contribution in [0.4, 0.5) is 10.1 Å². The average molecular weight is 440 g/mol. The van der Waals surface area contributed by atoms with E-state index in [1.54, 1.807) is 17.0 Å². The van der Waals surface area contributed by atoms with Crippen molar-refractivity contribution in [3.05, 3.63) is 65.0 Å². The van der Waals surface area contributed by atoms with Gasteiger partial charge < -0.3 is 15.0 Å². The molecule has 0 aliphatic carbocycles. The standard InChI is InChI=1S/C25H30FN3O3/c1-17-4-3-5-22(18(17)2)29-16-20(14-24(29)30)25(31)27-15-23(28-10-12-32-13-11-28)19-6-8-21(26)9-7-19/h3-9,20,23H,10-16H2,1-2H3,(H,27,31). The maximum Gasteiger partial charge on any atom is 0.227 e. The summed E-state index contributed by atoms with van der Waals surface area (Å²) in [6.45, 7) is 7.57. The van der Waals surface area contributed by atoms with Crippen LogP contribution in [-0.4, -0.2) is 56.1 Å². The second kappa shape index (κ2) is 9.79. The molecule has 6 nitrogen and oxygen atoms in total. The number of benzene rings is 2. The minimum absolute atomic E-state index is 0.0258. The molecule has 2 saturated heterocycles. The van der Waals surface area contributed by atoms with E-state index in [0.717, 1.165) is 35.5 Å². The van der Waals surface area contributed by atoms with Gasteiger partial charge in [-0.1, -0.05) is 24.3 Å². The first-order valence-corrected chi connectivity index (χ1v) is 11.2. The van der Waals surface area contributed by atoms with Crippen molar-refractivity contribution in [1.82, 2.24) is 10.2 Å². The topological polar surface area (TPSA) is 61.9 Å². The van der Waals surface area contributed by atoms with Crippen LogP contribution in [0.25, 0.3) is 0 Å². The highest BCUT2D eigenvalue weighted by molar-refractivity contribution is 6.00. The van der Waals surface area contributed by atoms with Crippen LogP contribution in [0.3, 0.4) is 0 Å². The number of hydrogen-bond donors (Lipinski definition) is 1. The summed E-state index contributed by atoms with van der Waals surface area (Å²) >= 11 is 0. The first-order valence-electron chi connectivity index (χ1n) is 11.2. The minimum Gasteiger partial charge on any atom is -0.379 e. The normalized spacial score (nSPS) is 20.4. The summed E-state index contributed by atoms with van der Waals surface area (Å²) < 4.78 is 18.9. The van der Waals surface area contributed by atoms with Crippen LogP contribution in [0.2, 0.25) is 0 Å². The highest BCUT2D eigenvalue weighted by Crippen LogP contribution is 2.30. The van der Waals surface area contributed by atoms with Gasteiger partial charge in [0.25, 0.3) is 0 Å².